The summed E-state index contributed by atoms with van der Waals surface area (Å²) in [6, 6.07) is 6.05. The maximum atomic E-state index is 5.89. The molecule has 12 N–H and O–H groups in total. The molecule has 4 bridgehead atoms. The lowest BCUT2D eigenvalue weighted by Gasteiger charge is -2.34. The second-order valence-electron chi connectivity index (χ2n) is 9.64. The fourth-order valence-electron chi connectivity index (χ4n) is 5.81. The molecule has 0 radical (unpaired) electrons. The highest BCUT2D eigenvalue weighted by molar-refractivity contribution is 5.72. The lowest BCUT2D eigenvalue weighted by molar-refractivity contribution is -0.927. The third-order valence-electron chi connectivity index (χ3n) is 7.56. The predicted molar refractivity (Wildman–Crippen MR) is 122 cm³/mol. The fourth-order valence-corrected chi connectivity index (χ4v) is 5.81. The number of aromatic nitrogens is 2. The number of hydrogen-bond acceptors (Lipinski definition) is 3. The van der Waals surface area contributed by atoms with E-state index in [9.17, 15) is 0 Å². The highest BCUT2D eigenvalue weighted by atomic mass is 35.5. The first-order chi connectivity index (χ1) is 14.7. The van der Waals surface area contributed by atoms with Gasteiger partial charge in [-0.1, -0.05) is 0 Å². The Balaban J connectivity index is 0.000000473. The predicted octanol–water partition coefficient (Wildman–Crippen LogP) is -14.1. The van der Waals surface area contributed by atoms with Crippen molar-refractivity contribution in [1.82, 2.24) is 14.7 Å². The number of halogens is 3. The molecule has 0 aliphatic carbocycles. The number of rotatable bonds is 1. The quantitative estimate of drug-likeness (QED) is 0.138. The second kappa shape index (κ2) is 15.0. The van der Waals surface area contributed by atoms with Crippen LogP contribution < -0.4 is 75.5 Å². The van der Waals surface area contributed by atoms with Gasteiger partial charge >= 0.3 is 11.9 Å². The van der Waals surface area contributed by atoms with Crippen LogP contribution in [-0.4, -0.2) is 76.9 Å². The maximum absolute atomic E-state index is 5.89. The molecule has 5 heterocycles. The molecule has 1 aromatic heterocycles. The summed E-state index contributed by atoms with van der Waals surface area (Å²) in [6.45, 7) is 0. The Morgan fingerprint density at radius 3 is 1.88 bits per heavy atom. The van der Waals surface area contributed by atoms with Crippen LogP contribution >= 0.6 is 0 Å². The van der Waals surface area contributed by atoms with Crippen molar-refractivity contribution < 1.29 is 52.5 Å². The normalized spacial score (nSPS) is 32.7. The van der Waals surface area contributed by atoms with Crippen molar-refractivity contribution in [2.24, 2.45) is 22.9 Å². The van der Waals surface area contributed by atoms with Crippen LogP contribution in [0, 0.1) is 0 Å². The van der Waals surface area contributed by atoms with E-state index in [1.54, 1.807) is 23.4 Å². The van der Waals surface area contributed by atoms with Gasteiger partial charge in [0.05, 0.1) is 37.6 Å². The summed E-state index contributed by atoms with van der Waals surface area (Å²) in [6.07, 6.45) is 13.7. The Morgan fingerprint density at radius 1 is 0.971 bits per heavy atom. The highest BCUT2D eigenvalue weighted by Crippen LogP contribution is 2.33. The Labute approximate surface area is 222 Å². The van der Waals surface area contributed by atoms with Crippen LogP contribution in [0.4, 0.5) is 0 Å². The first-order valence-corrected chi connectivity index (χ1v) is 11.6. The maximum Gasteiger partial charge on any atom is 0.369 e. The molecular formula is C21H43Cl3N10. The van der Waals surface area contributed by atoms with E-state index in [-0.39, 0.29) is 43.2 Å². The summed E-state index contributed by atoms with van der Waals surface area (Å²) in [4.78, 5) is 7.40. The third kappa shape index (κ3) is 8.73. The van der Waals surface area contributed by atoms with Crippen LogP contribution in [0.2, 0.25) is 0 Å². The zero-order chi connectivity index (χ0) is 22.5. The van der Waals surface area contributed by atoms with Crippen molar-refractivity contribution in [1.29, 1.82) is 0 Å². The average Bonchev–Trinajstić information content (AvgIpc) is 3.35. The van der Waals surface area contributed by atoms with E-state index in [1.807, 2.05) is 0 Å². The molecule has 4 aliphatic heterocycles. The summed E-state index contributed by atoms with van der Waals surface area (Å²) in [5.74, 6) is 0.568. The Bertz CT molecular complexity index is 715. The number of fused-ring (bicyclic) bond motifs is 4. The minimum absolute atomic E-state index is 0. The Morgan fingerprint density at radius 2 is 1.50 bits per heavy atom. The molecule has 5 rings (SSSR count). The highest BCUT2D eigenvalue weighted by Gasteiger charge is 2.42. The molecule has 10 nitrogen and oxygen atoms in total. The zero-order valence-electron chi connectivity index (χ0n) is 20.2. The van der Waals surface area contributed by atoms with Gasteiger partial charge in [0.1, 0.15) is 0 Å². The molecule has 0 amide bonds. The smallest absolute Gasteiger partial charge is 0.369 e. The summed E-state index contributed by atoms with van der Waals surface area (Å²) in [5, 5.41) is 8.90. The zero-order valence-corrected chi connectivity index (χ0v) is 22.5. The number of quaternary nitrogens is 1. The number of nitrogens with zero attached hydrogens (tertiary/aromatic N) is 3. The van der Waals surface area contributed by atoms with Crippen molar-refractivity contribution in [2.45, 2.75) is 87.6 Å². The summed E-state index contributed by atoms with van der Waals surface area (Å²) < 4.78 is 1.39. The molecule has 198 valence electrons. The minimum Gasteiger partial charge on any atom is -1.00 e. The van der Waals surface area contributed by atoms with Gasteiger partial charge in [0.2, 0.25) is 0 Å². The number of hydrogen-bond donors (Lipinski definition) is 7. The van der Waals surface area contributed by atoms with E-state index in [1.165, 1.54) is 56.0 Å². The summed E-state index contributed by atoms with van der Waals surface area (Å²) in [5.41, 5.74) is 21.9. The van der Waals surface area contributed by atoms with Crippen LogP contribution in [0.15, 0.2) is 18.5 Å². The van der Waals surface area contributed by atoms with E-state index in [0.29, 0.717) is 18.0 Å². The molecular weight excluding hydrogens is 499 g/mol. The van der Waals surface area contributed by atoms with Gasteiger partial charge in [-0.25, -0.2) is 0 Å². The van der Waals surface area contributed by atoms with E-state index in [4.69, 9.17) is 28.3 Å². The van der Waals surface area contributed by atoms with Gasteiger partial charge in [0.15, 0.2) is 0 Å². The van der Waals surface area contributed by atoms with E-state index < -0.39 is 0 Å². The fraction of sp³-hybridized carbons (Fsp3) is 0.762. The monoisotopic (exact) mass is 540 g/mol. The standard InChI is InChI=1S/C9H18N4.C8H16N2.C4H6N4.3ClH/c1-13-7-2-3-8(13)5-6(4-7)12-9(10)11;1-10-7-2-3-8(10)5-6(9)4-7;5-4(6)8-3-1-2-7-8;;;/h6-8H,2-5H2,1H3,(H4,10,11,12);6-8H,2-5,9H2,1H3;1-3H,(H3,5,6);3*1H. The molecule has 13 heteroatoms. The van der Waals surface area contributed by atoms with Crippen molar-refractivity contribution >= 4 is 11.9 Å². The van der Waals surface area contributed by atoms with Crippen molar-refractivity contribution in [2.75, 3.05) is 14.1 Å². The number of piperidine rings is 2. The van der Waals surface area contributed by atoms with Gasteiger partial charge in [-0.2, -0.15) is 0 Å². The van der Waals surface area contributed by atoms with E-state index in [2.05, 4.69) is 29.1 Å². The molecule has 0 saturated carbocycles. The van der Waals surface area contributed by atoms with Crippen LogP contribution in [0.3, 0.4) is 0 Å². The lowest BCUT2D eigenvalue weighted by Crippen LogP contribution is -3.16. The van der Waals surface area contributed by atoms with E-state index in [0.717, 1.165) is 24.2 Å². The van der Waals surface area contributed by atoms with Crippen molar-refractivity contribution in [3.05, 3.63) is 18.5 Å². The molecule has 0 spiro atoms. The molecule has 4 atom stereocenters. The van der Waals surface area contributed by atoms with Crippen molar-refractivity contribution in [3.8, 4) is 0 Å². The van der Waals surface area contributed by atoms with E-state index >= 15 is 0 Å². The Hall–Kier alpha value is -1.30. The number of nitrogens with two attached hydrogens (primary N) is 5. The molecule has 4 unspecified atom stereocenters. The van der Waals surface area contributed by atoms with Gasteiger partial charge in [-0.15, -0.1) is 9.78 Å². The Kier molecular flexibility index (Phi) is 14.4. The second-order valence-corrected chi connectivity index (χ2v) is 9.64. The van der Waals surface area contributed by atoms with Crippen LogP contribution in [0.1, 0.15) is 51.4 Å². The topological polar surface area (TPSA) is 169 Å². The van der Waals surface area contributed by atoms with Crippen molar-refractivity contribution in [3.63, 3.8) is 0 Å². The molecule has 4 saturated heterocycles. The number of guanidine groups is 1. The van der Waals surface area contributed by atoms with Gasteiger partial charge in [-0.05, 0) is 38.8 Å². The van der Waals surface area contributed by atoms with Crippen LogP contribution in [0.25, 0.3) is 0 Å². The first kappa shape index (κ1) is 32.7. The molecule has 4 fully saturated rings. The third-order valence-corrected chi connectivity index (χ3v) is 7.56. The molecule has 34 heavy (non-hydrogen) atoms. The number of nitrogens with one attached hydrogen (secondary N) is 2. The van der Waals surface area contributed by atoms with Gasteiger partial charge in [0, 0.05) is 43.8 Å². The summed E-state index contributed by atoms with van der Waals surface area (Å²) >= 11 is 0. The molecule has 1 aromatic rings. The lowest BCUT2D eigenvalue weighted by atomic mass is 9.99. The average molecular weight is 542 g/mol. The largest absolute Gasteiger partial charge is 1.00 e. The first-order valence-electron chi connectivity index (χ1n) is 11.6. The molecule has 0 aromatic carbocycles. The van der Waals surface area contributed by atoms with Gasteiger partial charge in [-0.3, -0.25) is 27.6 Å². The molecule has 4 aliphatic rings. The minimum atomic E-state index is 0. The SMILES string of the molecule is CN1C2CCC1CC(N)C2.C[NH+]1C2CCC1CC([NH+]=C(N)N)C2.NC(=[NH2+])n1cccn1.[Cl-].[Cl-].[Cl-]. The van der Waals surface area contributed by atoms with Crippen LogP contribution in [0.5, 0.6) is 0 Å². The summed E-state index contributed by atoms with van der Waals surface area (Å²) in [7, 11) is 4.56. The van der Waals surface area contributed by atoms with Crippen LogP contribution in [-0.2, 0) is 0 Å². The van der Waals surface area contributed by atoms with Gasteiger partial charge < -0.3 is 52.8 Å². The van der Waals surface area contributed by atoms with Gasteiger partial charge in [0.25, 0.3) is 0 Å².